The lowest BCUT2D eigenvalue weighted by Gasteiger charge is -2.32. The molecular formula is C30H36N8OS. The Morgan fingerprint density at radius 1 is 1.07 bits per heavy atom. The second-order valence-electron chi connectivity index (χ2n) is 10.2. The van der Waals surface area contributed by atoms with Gasteiger partial charge in [-0.25, -0.2) is 15.0 Å². The maximum atomic E-state index is 13.1. The molecule has 4 aromatic rings. The van der Waals surface area contributed by atoms with Crippen LogP contribution in [0, 0.1) is 6.92 Å². The van der Waals surface area contributed by atoms with E-state index in [1.54, 1.807) is 12.3 Å². The van der Waals surface area contributed by atoms with E-state index < -0.39 is 0 Å². The smallest absolute Gasteiger partial charge is 0.255 e. The number of carbonyl (C=O) groups excluding carboxylic acids is 1. The Balaban J connectivity index is 1.30. The monoisotopic (exact) mass is 556 g/mol. The van der Waals surface area contributed by atoms with Crippen LogP contribution in [0.4, 0.5) is 22.3 Å². The summed E-state index contributed by atoms with van der Waals surface area (Å²) in [5, 5.41) is 5.87. The molecule has 40 heavy (non-hydrogen) atoms. The van der Waals surface area contributed by atoms with E-state index in [0.29, 0.717) is 22.9 Å². The van der Waals surface area contributed by atoms with E-state index >= 15 is 0 Å². The van der Waals surface area contributed by atoms with Crippen molar-refractivity contribution in [1.82, 2.24) is 24.8 Å². The summed E-state index contributed by atoms with van der Waals surface area (Å²) in [6.07, 6.45) is 2.57. The maximum Gasteiger partial charge on any atom is 0.255 e. The van der Waals surface area contributed by atoms with Gasteiger partial charge in [-0.1, -0.05) is 25.1 Å². The number of hydrogen-bond donors (Lipinski definition) is 2. The molecule has 2 aromatic carbocycles. The number of nitrogen functional groups attached to an aromatic ring is 1. The maximum absolute atomic E-state index is 13.1. The van der Waals surface area contributed by atoms with Gasteiger partial charge in [0, 0.05) is 67.8 Å². The van der Waals surface area contributed by atoms with Gasteiger partial charge in [0.2, 0.25) is 0 Å². The Labute approximate surface area is 239 Å². The second-order valence-corrected chi connectivity index (χ2v) is 11.0. The molecule has 1 fully saturated rings. The second kappa shape index (κ2) is 12.5. The third-order valence-corrected chi connectivity index (χ3v) is 7.92. The minimum absolute atomic E-state index is 0.127. The Kier molecular flexibility index (Phi) is 8.69. The summed E-state index contributed by atoms with van der Waals surface area (Å²) < 4.78 is 0. The Morgan fingerprint density at radius 3 is 2.58 bits per heavy atom. The number of anilines is 4. The van der Waals surface area contributed by atoms with Crippen LogP contribution in [0.25, 0.3) is 11.5 Å². The number of nitrogens with zero attached hydrogens (tertiary/aromatic N) is 6. The summed E-state index contributed by atoms with van der Waals surface area (Å²) in [5.41, 5.74) is 11.2. The molecule has 1 aliphatic heterocycles. The first-order valence-electron chi connectivity index (χ1n) is 13.6. The molecule has 5 rings (SSSR count). The topological polar surface area (TPSA) is 104 Å². The van der Waals surface area contributed by atoms with E-state index in [9.17, 15) is 4.79 Å². The minimum atomic E-state index is -0.127. The lowest BCUT2D eigenvalue weighted by molar-refractivity contribution is 0.102. The highest BCUT2D eigenvalue weighted by molar-refractivity contribution is 7.14. The van der Waals surface area contributed by atoms with Gasteiger partial charge in [-0.05, 0) is 61.9 Å². The molecule has 9 nitrogen and oxygen atoms in total. The van der Waals surface area contributed by atoms with Gasteiger partial charge < -0.3 is 20.9 Å². The van der Waals surface area contributed by atoms with Crippen molar-refractivity contribution in [3.8, 4) is 11.5 Å². The summed E-state index contributed by atoms with van der Waals surface area (Å²) in [6.45, 7) is 10.2. The number of nitrogens with one attached hydrogen (secondary N) is 1. The third-order valence-electron chi connectivity index (χ3n) is 7.05. The average molecular weight is 557 g/mol. The molecule has 0 unspecified atom stereocenters. The van der Waals surface area contributed by atoms with Crippen molar-refractivity contribution in [2.45, 2.75) is 26.8 Å². The van der Waals surface area contributed by atoms with Crippen LogP contribution >= 0.6 is 11.3 Å². The number of aryl methyl sites for hydroxylation is 1. The first-order chi connectivity index (χ1) is 19.4. The highest BCUT2D eigenvalue weighted by atomic mass is 32.1. The zero-order valence-corrected chi connectivity index (χ0v) is 24.1. The number of piperazine rings is 1. The summed E-state index contributed by atoms with van der Waals surface area (Å²) in [7, 11) is 2.16. The van der Waals surface area contributed by atoms with Crippen LogP contribution in [0.2, 0.25) is 0 Å². The molecule has 0 spiro atoms. The first-order valence-corrected chi connectivity index (χ1v) is 14.5. The molecular weight excluding hydrogens is 520 g/mol. The number of carbonyl (C=O) groups is 1. The third kappa shape index (κ3) is 6.64. The molecule has 2 aromatic heterocycles. The van der Waals surface area contributed by atoms with Gasteiger partial charge in [0.25, 0.3) is 5.91 Å². The molecule has 10 heteroatoms. The predicted molar refractivity (Wildman–Crippen MR) is 163 cm³/mol. The molecule has 0 aliphatic carbocycles. The average Bonchev–Trinajstić information content (AvgIpc) is 3.45. The predicted octanol–water partition coefficient (Wildman–Crippen LogP) is 5.04. The van der Waals surface area contributed by atoms with Gasteiger partial charge in [-0.15, -0.1) is 11.3 Å². The molecule has 208 valence electrons. The van der Waals surface area contributed by atoms with Gasteiger partial charge >= 0.3 is 0 Å². The Morgan fingerprint density at radius 2 is 1.85 bits per heavy atom. The number of amides is 1. The number of thiazole rings is 1. The quantitative estimate of drug-likeness (QED) is 0.296. The lowest BCUT2D eigenvalue weighted by atomic mass is 10.1. The highest BCUT2D eigenvalue weighted by Gasteiger charge is 2.18. The fraction of sp³-hybridized carbons (Fsp3) is 0.333. The van der Waals surface area contributed by atoms with Crippen molar-refractivity contribution in [1.29, 1.82) is 0 Å². The largest absolute Gasteiger partial charge is 0.384 e. The van der Waals surface area contributed by atoms with E-state index in [-0.39, 0.29) is 5.91 Å². The summed E-state index contributed by atoms with van der Waals surface area (Å²) in [5.74, 6) is 0.790. The molecule has 0 saturated carbocycles. The molecule has 3 heterocycles. The number of likely N-dealkylation sites (N-methyl/N-ethyl adjacent to an activating group) is 1. The fourth-order valence-electron chi connectivity index (χ4n) is 4.74. The van der Waals surface area contributed by atoms with E-state index in [4.69, 9.17) is 10.7 Å². The summed E-state index contributed by atoms with van der Waals surface area (Å²) in [6, 6.07) is 15.6. The molecule has 1 saturated heterocycles. The van der Waals surface area contributed by atoms with Crippen molar-refractivity contribution < 1.29 is 4.79 Å². The van der Waals surface area contributed by atoms with E-state index in [1.807, 2.05) is 35.7 Å². The Hall–Kier alpha value is -3.86. The number of benzene rings is 2. The zero-order valence-electron chi connectivity index (χ0n) is 23.3. The normalized spacial score (nSPS) is 14.3. The zero-order chi connectivity index (χ0) is 28.1. The van der Waals surface area contributed by atoms with E-state index in [1.165, 1.54) is 16.9 Å². The minimum Gasteiger partial charge on any atom is -0.384 e. The van der Waals surface area contributed by atoms with Crippen LogP contribution in [0.3, 0.4) is 0 Å². The van der Waals surface area contributed by atoms with Crippen molar-refractivity contribution >= 4 is 39.6 Å². The molecule has 0 atom stereocenters. The molecule has 1 aliphatic rings. The summed E-state index contributed by atoms with van der Waals surface area (Å²) >= 11 is 1.53. The van der Waals surface area contributed by atoms with Crippen molar-refractivity contribution in [2.75, 3.05) is 55.7 Å². The summed E-state index contributed by atoms with van der Waals surface area (Å²) in [4.78, 5) is 33.6. The van der Waals surface area contributed by atoms with Gasteiger partial charge in [0.15, 0.2) is 11.0 Å². The molecule has 0 radical (unpaired) electrons. The number of nitrogens with two attached hydrogens (primary N) is 1. The van der Waals surface area contributed by atoms with Gasteiger partial charge in [0.05, 0.1) is 0 Å². The van der Waals surface area contributed by atoms with Crippen LogP contribution < -0.4 is 16.0 Å². The van der Waals surface area contributed by atoms with Crippen molar-refractivity contribution in [3.63, 3.8) is 0 Å². The van der Waals surface area contributed by atoms with Crippen LogP contribution in [-0.2, 0) is 6.54 Å². The molecule has 0 bridgehead atoms. The number of aromatic nitrogens is 3. The number of hydrogen-bond acceptors (Lipinski definition) is 9. The standard InChI is InChI=1S/C30H36N8OS/c1-4-13-38(30-34-25(20-40-30)28-32-12-11-27(31)35-28)26-18-24(10-5-21(26)2)33-29(39)23-8-6-22(7-9-23)19-37-16-14-36(3)15-17-37/h5-12,18,20H,4,13-17,19H2,1-3H3,(H,33,39)(H2,31,32,35). The van der Waals surface area contributed by atoms with Crippen LogP contribution in [-0.4, -0.2) is 70.4 Å². The molecule has 1 amide bonds. The SMILES string of the molecule is CCCN(c1nc(-c2nccc(N)n2)cs1)c1cc(NC(=O)c2ccc(CN3CCN(C)CC3)cc2)ccc1C. The molecule has 3 N–H and O–H groups in total. The van der Waals surface area contributed by atoms with Crippen LogP contribution in [0.15, 0.2) is 60.1 Å². The van der Waals surface area contributed by atoms with Crippen LogP contribution in [0.5, 0.6) is 0 Å². The number of rotatable bonds is 9. The van der Waals surface area contributed by atoms with Gasteiger partial charge in [-0.3, -0.25) is 9.69 Å². The lowest BCUT2D eigenvalue weighted by Crippen LogP contribution is -2.43. The van der Waals surface area contributed by atoms with E-state index in [0.717, 1.165) is 67.8 Å². The van der Waals surface area contributed by atoms with Gasteiger partial charge in [-0.2, -0.15) is 0 Å². The van der Waals surface area contributed by atoms with Crippen molar-refractivity contribution in [3.05, 3.63) is 76.8 Å². The Bertz CT molecular complexity index is 1450. The van der Waals surface area contributed by atoms with Crippen LogP contribution in [0.1, 0.15) is 34.8 Å². The van der Waals surface area contributed by atoms with Crippen molar-refractivity contribution in [2.24, 2.45) is 0 Å². The van der Waals surface area contributed by atoms with E-state index in [2.05, 4.69) is 63.0 Å². The highest BCUT2D eigenvalue weighted by Crippen LogP contribution is 2.35. The first kappa shape index (κ1) is 27.7. The van der Waals surface area contributed by atoms with Gasteiger partial charge in [0.1, 0.15) is 11.5 Å². The fourth-order valence-corrected chi connectivity index (χ4v) is 5.58.